The number of aliphatic hydroxyl groups excluding tert-OH is 1. The minimum Gasteiger partial charge on any atom is -0.391 e. The average Bonchev–Trinajstić information content (AvgIpc) is 2.98. The number of hydrogen-bond acceptors (Lipinski definition) is 4. The van der Waals surface area contributed by atoms with Crippen LogP contribution in [0.4, 0.5) is 10.1 Å². The van der Waals surface area contributed by atoms with Crippen molar-refractivity contribution in [2.75, 3.05) is 37.6 Å². The number of para-hydroxylation sites is 1. The Morgan fingerprint density at radius 1 is 1.23 bits per heavy atom. The Morgan fingerprint density at radius 3 is 2.50 bits per heavy atom. The Kier molecular flexibility index (Phi) is 4.35. The van der Waals surface area contributed by atoms with Crippen molar-refractivity contribution in [2.24, 2.45) is 16.7 Å². The molecule has 2 saturated carbocycles. The molecule has 0 spiro atoms. The summed E-state index contributed by atoms with van der Waals surface area (Å²) in [6.07, 6.45) is 1.89. The van der Waals surface area contributed by atoms with Crippen LogP contribution in [0.15, 0.2) is 24.3 Å². The van der Waals surface area contributed by atoms with Gasteiger partial charge in [-0.2, -0.15) is 0 Å². The van der Waals surface area contributed by atoms with Gasteiger partial charge in [-0.3, -0.25) is 9.69 Å². The van der Waals surface area contributed by atoms with Gasteiger partial charge < -0.3 is 10.0 Å². The first-order valence-electron chi connectivity index (χ1n) is 9.79. The van der Waals surface area contributed by atoms with E-state index in [4.69, 9.17) is 0 Å². The zero-order chi connectivity index (χ0) is 18.5. The average molecular weight is 360 g/mol. The lowest BCUT2D eigenvalue weighted by molar-refractivity contribution is -0.140. The second-order valence-electron chi connectivity index (χ2n) is 8.81. The number of nitrogens with zero attached hydrogens (tertiary/aromatic N) is 2. The van der Waals surface area contributed by atoms with E-state index in [2.05, 4.69) is 23.6 Å². The Hall–Kier alpha value is -1.46. The summed E-state index contributed by atoms with van der Waals surface area (Å²) >= 11 is 0. The van der Waals surface area contributed by atoms with E-state index in [1.165, 1.54) is 6.07 Å². The highest BCUT2D eigenvalue weighted by atomic mass is 19.1. The minimum atomic E-state index is -0.613. The van der Waals surface area contributed by atoms with E-state index in [0.717, 1.165) is 39.0 Å². The molecule has 2 aliphatic carbocycles. The molecule has 1 N–H and O–H groups in total. The molecule has 1 aromatic carbocycles. The van der Waals surface area contributed by atoms with Crippen LogP contribution in [0.1, 0.15) is 33.1 Å². The number of piperazine rings is 1. The molecular weight excluding hydrogens is 331 g/mol. The fraction of sp³-hybridized carbons (Fsp3) is 0.667. The molecule has 2 bridgehead atoms. The standard InChI is InChI=1S/C21H29FN2O2/c1-20(2)15-7-8-21(20,18(25)13-15)19(26)14-23-9-11-24(12-10-23)17-6-4-3-5-16(17)22/h3-6,15,19,26H,7-14H2,1-2H3/t15-,19-,21+/m1/s1. The molecule has 0 amide bonds. The number of Topliss-reactive ketones (excluding diaryl/α,β-unsaturated/α-hetero) is 1. The molecule has 0 aromatic heterocycles. The van der Waals surface area contributed by atoms with Gasteiger partial charge in [0.25, 0.3) is 0 Å². The van der Waals surface area contributed by atoms with Crippen LogP contribution < -0.4 is 4.90 Å². The highest BCUT2D eigenvalue weighted by Gasteiger charge is 2.67. The monoisotopic (exact) mass is 360 g/mol. The van der Waals surface area contributed by atoms with Gasteiger partial charge in [0.05, 0.1) is 17.2 Å². The summed E-state index contributed by atoms with van der Waals surface area (Å²) in [5.41, 5.74) is -0.0317. The van der Waals surface area contributed by atoms with Crippen LogP contribution in [0.3, 0.4) is 0 Å². The Labute approximate surface area is 155 Å². The normalized spacial score (nSPS) is 32.2. The molecule has 1 aliphatic heterocycles. The molecule has 142 valence electrons. The van der Waals surface area contributed by atoms with Gasteiger partial charge in [-0.25, -0.2) is 4.39 Å². The highest BCUT2D eigenvalue weighted by molar-refractivity contribution is 5.90. The van der Waals surface area contributed by atoms with Gasteiger partial charge in [0, 0.05) is 39.1 Å². The van der Waals surface area contributed by atoms with E-state index in [-0.39, 0.29) is 17.0 Å². The second kappa shape index (κ2) is 6.31. The number of β-amino-alcohol motifs (C(OH)–C–C–N with tert-alkyl or cyclic N) is 1. The van der Waals surface area contributed by atoms with E-state index in [0.29, 0.717) is 24.6 Å². The maximum absolute atomic E-state index is 14.0. The highest BCUT2D eigenvalue weighted by Crippen LogP contribution is 2.65. The third kappa shape index (κ3) is 2.51. The Bertz CT molecular complexity index is 699. The van der Waals surface area contributed by atoms with Crippen LogP contribution in [0.25, 0.3) is 0 Å². The smallest absolute Gasteiger partial charge is 0.146 e. The van der Waals surface area contributed by atoms with E-state index < -0.39 is 11.5 Å². The molecule has 1 saturated heterocycles. The van der Waals surface area contributed by atoms with Gasteiger partial charge in [0.15, 0.2) is 0 Å². The molecule has 0 unspecified atom stereocenters. The number of carbonyl (C=O) groups excluding carboxylic acids is 1. The molecule has 3 atom stereocenters. The largest absolute Gasteiger partial charge is 0.391 e. The van der Waals surface area contributed by atoms with Crippen molar-refractivity contribution in [2.45, 2.75) is 39.2 Å². The molecule has 3 aliphatic rings. The molecule has 4 nitrogen and oxygen atoms in total. The number of hydrogen-bond donors (Lipinski definition) is 1. The fourth-order valence-corrected chi connectivity index (χ4v) is 5.77. The number of rotatable bonds is 4. The lowest BCUT2D eigenvalue weighted by Gasteiger charge is -2.44. The molecule has 0 radical (unpaired) electrons. The lowest BCUT2D eigenvalue weighted by atomic mass is 9.65. The van der Waals surface area contributed by atoms with Crippen molar-refractivity contribution < 1.29 is 14.3 Å². The third-order valence-corrected chi connectivity index (χ3v) is 7.55. The van der Waals surface area contributed by atoms with Gasteiger partial charge in [-0.15, -0.1) is 0 Å². The maximum Gasteiger partial charge on any atom is 0.146 e. The van der Waals surface area contributed by atoms with Crippen LogP contribution in [0.5, 0.6) is 0 Å². The van der Waals surface area contributed by atoms with Crippen LogP contribution in [0.2, 0.25) is 0 Å². The lowest BCUT2D eigenvalue weighted by Crippen LogP contribution is -2.55. The fourth-order valence-electron chi connectivity index (χ4n) is 5.77. The first-order chi connectivity index (χ1) is 12.4. The number of benzene rings is 1. The summed E-state index contributed by atoms with van der Waals surface area (Å²) in [4.78, 5) is 17.0. The predicted octanol–water partition coefficient (Wildman–Crippen LogP) is 2.70. The van der Waals surface area contributed by atoms with Crippen molar-refractivity contribution in [3.05, 3.63) is 30.1 Å². The van der Waals surface area contributed by atoms with Gasteiger partial charge >= 0.3 is 0 Å². The summed E-state index contributed by atoms with van der Waals surface area (Å²) in [6, 6.07) is 6.88. The molecule has 1 aromatic rings. The number of carbonyl (C=O) groups is 1. The van der Waals surface area contributed by atoms with E-state index in [1.807, 2.05) is 12.1 Å². The zero-order valence-electron chi connectivity index (χ0n) is 15.7. The van der Waals surface area contributed by atoms with E-state index >= 15 is 0 Å². The zero-order valence-corrected chi connectivity index (χ0v) is 15.7. The van der Waals surface area contributed by atoms with Crippen molar-refractivity contribution in [3.63, 3.8) is 0 Å². The van der Waals surface area contributed by atoms with Gasteiger partial charge in [0.2, 0.25) is 0 Å². The molecule has 26 heavy (non-hydrogen) atoms. The number of fused-ring (bicyclic) bond motifs is 2. The molecule has 5 heteroatoms. The second-order valence-corrected chi connectivity index (χ2v) is 8.81. The Balaban J connectivity index is 1.40. The number of anilines is 1. The molecular formula is C21H29FN2O2. The van der Waals surface area contributed by atoms with Crippen LogP contribution >= 0.6 is 0 Å². The van der Waals surface area contributed by atoms with E-state index in [1.54, 1.807) is 6.07 Å². The van der Waals surface area contributed by atoms with Crippen LogP contribution in [-0.4, -0.2) is 54.6 Å². The summed E-state index contributed by atoms with van der Waals surface area (Å²) in [6.45, 7) is 7.89. The summed E-state index contributed by atoms with van der Waals surface area (Å²) in [5.74, 6) is 0.494. The van der Waals surface area contributed by atoms with Crippen molar-refractivity contribution >= 4 is 11.5 Å². The molecule has 3 fully saturated rings. The minimum absolute atomic E-state index is 0.113. The van der Waals surface area contributed by atoms with Crippen molar-refractivity contribution in [1.82, 2.24) is 4.90 Å². The quantitative estimate of drug-likeness (QED) is 0.897. The number of ketones is 1. The van der Waals surface area contributed by atoms with E-state index in [9.17, 15) is 14.3 Å². The first-order valence-corrected chi connectivity index (χ1v) is 9.79. The summed E-state index contributed by atoms with van der Waals surface area (Å²) in [7, 11) is 0. The van der Waals surface area contributed by atoms with Crippen molar-refractivity contribution in [1.29, 1.82) is 0 Å². The molecule has 1 heterocycles. The van der Waals surface area contributed by atoms with Crippen molar-refractivity contribution in [3.8, 4) is 0 Å². The first kappa shape index (κ1) is 17.9. The van der Waals surface area contributed by atoms with Crippen LogP contribution in [0, 0.1) is 22.6 Å². The van der Waals surface area contributed by atoms with Gasteiger partial charge in [-0.1, -0.05) is 26.0 Å². The van der Waals surface area contributed by atoms with Gasteiger partial charge in [0.1, 0.15) is 11.6 Å². The topological polar surface area (TPSA) is 43.8 Å². The predicted molar refractivity (Wildman–Crippen MR) is 99.6 cm³/mol. The molecule has 4 rings (SSSR count). The number of aliphatic hydroxyl groups is 1. The third-order valence-electron chi connectivity index (χ3n) is 7.55. The van der Waals surface area contributed by atoms with Gasteiger partial charge in [-0.05, 0) is 36.3 Å². The summed E-state index contributed by atoms with van der Waals surface area (Å²) in [5, 5.41) is 11.1. The SMILES string of the molecule is CC1(C)[C@@H]2CC[C@@]1([C@H](O)CN1CCN(c3ccccc3F)CC1)C(=O)C2. The maximum atomic E-state index is 14.0. The Morgan fingerprint density at radius 2 is 1.92 bits per heavy atom. The summed E-state index contributed by atoms with van der Waals surface area (Å²) < 4.78 is 14.0. The van der Waals surface area contributed by atoms with Crippen LogP contribution in [-0.2, 0) is 4.79 Å². The number of halogens is 1.